The van der Waals surface area contributed by atoms with Gasteiger partial charge in [0.15, 0.2) is 17.0 Å². The highest BCUT2D eigenvalue weighted by atomic mass is 35.5. The zero-order valence-corrected chi connectivity index (χ0v) is 17.4. The third-order valence-electron chi connectivity index (χ3n) is 4.99. The van der Waals surface area contributed by atoms with Crippen LogP contribution in [0.5, 0.6) is 0 Å². The number of hydrogen-bond acceptors (Lipinski definition) is 5. The number of nitrogens with zero attached hydrogens (tertiary/aromatic N) is 6. The Bertz CT molecular complexity index is 1040. The highest BCUT2D eigenvalue weighted by Gasteiger charge is 2.40. The van der Waals surface area contributed by atoms with Crippen LogP contribution in [0.25, 0.3) is 11.2 Å². The molecule has 9 heteroatoms. The van der Waals surface area contributed by atoms with Gasteiger partial charge in [-0.2, -0.15) is 0 Å². The summed E-state index contributed by atoms with van der Waals surface area (Å²) < 4.78 is 29.4. The fourth-order valence-electron chi connectivity index (χ4n) is 3.39. The maximum Gasteiger partial charge on any atom is 0.266 e. The second-order valence-corrected chi connectivity index (χ2v) is 8.95. The van der Waals surface area contributed by atoms with Crippen molar-refractivity contribution >= 4 is 28.6 Å². The van der Waals surface area contributed by atoms with Gasteiger partial charge in [0.25, 0.3) is 5.92 Å². The Morgan fingerprint density at radius 1 is 1.21 bits per heavy atom. The van der Waals surface area contributed by atoms with E-state index in [1.54, 1.807) is 9.58 Å². The summed E-state index contributed by atoms with van der Waals surface area (Å²) in [5.41, 5.74) is 1.76. The van der Waals surface area contributed by atoms with Gasteiger partial charge in [-0.05, 0) is 24.1 Å². The summed E-state index contributed by atoms with van der Waals surface area (Å²) in [6, 6.07) is 7.64. The molecule has 1 aromatic carbocycles. The van der Waals surface area contributed by atoms with E-state index < -0.39 is 5.92 Å². The maximum absolute atomic E-state index is 13.8. The molecule has 0 bridgehead atoms. The molecular formula is C20H23ClF2N6. The molecule has 0 N–H and O–H groups in total. The number of halogens is 3. The fourth-order valence-corrected chi connectivity index (χ4v) is 3.61. The van der Waals surface area contributed by atoms with Gasteiger partial charge >= 0.3 is 0 Å². The molecule has 1 saturated heterocycles. The van der Waals surface area contributed by atoms with E-state index in [1.807, 2.05) is 45.0 Å². The van der Waals surface area contributed by atoms with Crippen molar-refractivity contribution in [3.8, 4) is 0 Å². The smallest absolute Gasteiger partial charge is 0.266 e. The average molecular weight is 421 g/mol. The second kappa shape index (κ2) is 7.16. The second-order valence-electron chi connectivity index (χ2n) is 8.51. The Morgan fingerprint density at radius 2 is 2.00 bits per heavy atom. The summed E-state index contributed by atoms with van der Waals surface area (Å²) in [5, 5.41) is 9.16. The van der Waals surface area contributed by atoms with Crippen molar-refractivity contribution in [1.29, 1.82) is 0 Å². The van der Waals surface area contributed by atoms with Gasteiger partial charge in [-0.1, -0.05) is 49.7 Å². The first-order valence-electron chi connectivity index (χ1n) is 9.61. The molecule has 1 fully saturated rings. The summed E-state index contributed by atoms with van der Waals surface area (Å²) in [5.74, 6) is -1.70. The van der Waals surface area contributed by atoms with E-state index in [-0.39, 0.29) is 24.9 Å². The number of aryl methyl sites for hydroxylation is 2. The molecule has 29 heavy (non-hydrogen) atoms. The molecule has 0 amide bonds. The van der Waals surface area contributed by atoms with Crippen molar-refractivity contribution in [3.05, 3.63) is 40.7 Å². The number of fused-ring (bicyclic) bond motifs is 1. The molecule has 0 unspecified atom stereocenters. The third-order valence-corrected chi connectivity index (χ3v) is 5.22. The van der Waals surface area contributed by atoms with E-state index in [4.69, 9.17) is 16.6 Å². The van der Waals surface area contributed by atoms with Crippen LogP contribution in [0.2, 0.25) is 5.02 Å². The van der Waals surface area contributed by atoms with Crippen molar-refractivity contribution < 1.29 is 8.78 Å². The number of anilines is 1. The zero-order valence-electron chi connectivity index (χ0n) is 16.7. The third kappa shape index (κ3) is 4.17. The number of alkyl halides is 2. The number of aromatic nitrogens is 5. The molecule has 3 heterocycles. The van der Waals surface area contributed by atoms with E-state index in [2.05, 4.69) is 15.3 Å². The molecule has 0 radical (unpaired) electrons. The van der Waals surface area contributed by atoms with Gasteiger partial charge in [0.2, 0.25) is 0 Å². The Kier molecular flexibility index (Phi) is 4.93. The molecule has 154 valence electrons. The molecule has 2 aromatic heterocycles. The van der Waals surface area contributed by atoms with Crippen LogP contribution in [0.1, 0.15) is 38.6 Å². The molecule has 0 saturated carbocycles. The van der Waals surface area contributed by atoms with Crippen molar-refractivity contribution in [3.63, 3.8) is 0 Å². The Morgan fingerprint density at radius 3 is 2.66 bits per heavy atom. The standard InChI is InChI=1S/C20H23ClF2N6/c1-19(2,3)18-24-16(28-10-8-20(22,23)12-28)15-17(25-18)29(27-26-15)9-7-13-5-4-6-14(21)11-13/h4-6,11H,7-10,12H2,1-3H3. The lowest BCUT2D eigenvalue weighted by Gasteiger charge is -2.22. The van der Waals surface area contributed by atoms with Crippen molar-refractivity contribution in [2.75, 3.05) is 18.0 Å². The van der Waals surface area contributed by atoms with Crippen LogP contribution < -0.4 is 4.90 Å². The molecule has 1 aliphatic rings. The summed E-state index contributed by atoms with van der Waals surface area (Å²) >= 11 is 6.07. The number of benzene rings is 1. The molecule has 0 atom stereocenters. The minimum atomic E-state index is -2.72. The molecular weight excluding hydrogens is 398 g/mol. The van der Waals surface area contributed by atoms with Gasteiger partial charge in [-0.25, -0.2) is 23.4 Å². The molecule has 0 spiro atoms. The average Bonchev–Trinajstić information content (AvgIpc) is 3.21. The maximum atomic E-state index is 13.8. The first-order valence-corrected chi connectivity index (χ1v) is 9.99. The Balaban J connectivity index is 1.72. The predicted octanol–water partition coefficient (Wildman–Crippen LogP) is 4.26. The van der Waals surface area contributed by atoms with Gasteiger partial charge in [0.1, 0.15) is 5.82 Å². The van der Waals surface area contributed by atoms with E-state index in [1.165, 1.54) is 0 Å². The Labute approximate surface area is 172 Å². The van der Waals surface area contributed by atoms with E-state index in [9.17, 15) is 8.78 Å². The lowest BCUT2D eigenvalue weighted by atomic mass is 9.96. The SMILES string of the molecule is CC(C)(C)c1nc(N2CCC(F)(F)C2)c2nnn(CCc3cccc(Cl)c3)c2n1. The zero-order chi connectivity index (χ0) is 20.8. The normalized spacial score (nSPS) is 16.7. The van der Waals surface area contributed by atoms with E-state index in [0.29, 0.717) is 40.8 Å². The molecule has 6 nitrogen and oxygen atoms in total. The van der Waals surface area contributed by atoms with Gasteiger partial charge in [0, 0.05) is 29.9 Å². The first kappa shape index (κ1) is 19.9. The monoisotopic (exact) mass is 420 g/mol. The van der Waals surface area contributed by atoms with E-state index >= 15 is 0 Å². The molecule has 0 aliphatic carbocycles. The Hall–Kier alpha value is -2.35. The van der Waals surface area contributed by atoms with Crippen molar-refractivity contribution in [2.45, 2.75) is 51.5 Å². The lowest BCUT2D eigenvalue weighted by Crippen LogP contribution is -2.27. The van der Waals surface area contributed by atoms with Crippen LogP contribution in [-0.2, 0) is 18.4 Å². The molecule has 1 aliphatic heterocycles. The largest absolute Gasteiger partial charge is 0.348 e. The lowest BCUT2D eigenvalue weighted by molar-refractivity contribution is 0.0257. The molecule has 4 rings (SSSR count). The van der Waals surface area contributed by atoms with Crippen LogP contribution >= 0.6 is 11.6 Å². The van der Waals surface area contributed by atoms with Crippen LogP contribution in [0, 0.1) is 0 Å². The fraction of sp³-hybridized carbons (Fsp3) is 0.500. The predicted molar refractivity (Wildman–Crippen MR) is 109 cm³/mol. The number of rotatable bonds is 4. The van der Waals surface area contributed by atoms with Crippen molar-refractivity contribution in [2.24, 2.45) is 0 Å². The van der Waals surface area contributed by atoms with Crippen LogP contribution in [0.3, 0.4) is 0 Å². The highest BCUT2D eigenvalue weighted by Crippen LogP contribution is 2.34. The summed E-state index contributed by atoms with van der Waals surface area (Å²) in [6.07, 6.45) is 0.511. The van der Waals surface area contributed by atoms with Gasteiger partial charge in [-0.15, -0.1) is 5.10 Å². The quantitative estimate of drug-likeness (QED) is 0.631. The minimum Gasteiger partial charge on any atom is -0.348 e. The highest BCUT2D eigenvalue weighted by molar-refractivity contribution is 6.30. The van der Waals surface area contributed by atoms with Gasteiger partial charge < -0.3 is 4.90 Å². The topological polar surface area (TPSA) is 59.7 Å². The summed E-state index contributed by atoms with van der Waals surface area (Å²) in [7, 11) is 0. The number of hydrogen-bond donors (Lipinski definition) is 0. The van der Waals surface area contributed by atoms with Crippen LogP contribution in [0.15, 0.2) is 24.3 Å². The molecule has 3 aromatic rings. The summed E-state index contributed by atoms with van der Waals surface area (Å²) in [4.78, 5) is 10.9. The van der Waals surface area contributed by atoms with Crippen LogP contribution in [0.4, 0.5) is 14.6 Å². The van der Waals surface area contributed by atoms with Crippen molar-refractivity contribution in [1.82, 2.24) is 25.0 Å². The van der Waals surface area contributed by atoms with E-state index in [0.717, 1.165) is 5.56 Å². The minimum absolute atomic E-state index is 0.188. The van der Waals surface area contributed by atoms with Gasteiger partial charge in [-0.3, -0.25) is 0 Å². The summed E-state index contributed by atoms with van der Waals surface area (Å²) in [6.45, 7) is 6.41. The van der Waals surface area contributed by atoms with Gasteiger partial charge in [0.05, 0.1) is 6.54 Å². The van der Waals surface area contributed by atoms with Crippen LogP contribution in [-0.4, -0.2) is 44.0 Å². The first-order chi connectivity index (χ1) is 13.6.